The molecule has 2 aromatic heterocycles. The first-order valence-electron chi connectivity index (χ1n) is 6.84. The molecule has 1 amide bonds. The largest absolute Gasteiger partial charge is 0.478 e. The molecule has 7 nitrogen and oxygen atoms in total. The van der Waals surface area contributed by atoms with Crippen LogP contribution in [0.15, 0.2) is 29.8 Å². The Morgan fingerprint density at radius 3 is 2.76 bits per heavy atom. The third kappa shape index (κ3) is 3.24. The summed E-state index contributed by atoms with van der Waals surface area (Å²) in [4.78, 5) is 27.5. The molecular weight excluding hydrogens is 354 g/mol. The fourth-order valence-electron chi connectivity index (χ4n) is 2.17. The molecule has 0 fully saturated rings. The monoisotopic (exact) mass is 364 g/mol. The third-order valence-corrected chi connectivity index (χ3v) is 4.07. The number of aryl methyl sites for hydroxylation is 1. The van der Waals surface area contributed by atoms with Gasteiger partial charge in [-0.1, -0.05) is 0 Å². The minimum Gasteiger partial charge on any atom is -0.478 e. The predicted molar refractivity (Wildman–Crippen MR) is 85.6 cm³/mol. The number of amides is 1. The number of aromatic carboxylic acids is 1. The molecule has 25 heavy (non-hydrogen) atoms. The number of nitrogens with one attached hydrogen (secondary N) is 1. The highest BCUT2D eigenvalue weighted by Gasteiger charge is 2.22. The van der Waals surface area contributed by atoms with E-state index in [2.05, 4.69) is 15.4 Å². The first kappa shape index (κ1) is 16.7. The fraction of sp³-hybridized carbons (Fsp3) is 0.0667. The van der Waals surface area contributed by atoms with Crippen LogP contribution >= 0.6 is 11.3 Å². The first-order valence-corrected chi connectivity index (χ1v) is 7.72. The normalized spacial score (nSPS) is 10.7. The lowest BCUT2D eigenvalue weighted by Crippen LogP contribution is -2.19. The zero-order chi connectivity index (χ0) is 18.1. The van der Waals surface area contributed by atoms with Gasteiger partial charge in [-0.15, -0.1) is 11.3 Å². The Balaban J connectivity index is 1.86. The van der Waals surface area contributed by atoms with Crippen LogP contribution in [0.1, 0.15) is 20.8 Å². The van der Waals surface area contributed by atoms with Crippen LogP contribution in [0.5, 0.6) is 0 Å². The number of hydrogen-bond donors (Lipinski definition) is 2. The van der Waals surface area contributed by atoms with Gasteiger partial charge in [0, 0.05) is 24.1 Å². The Bertz CT molecular complexity index is 983. The maximum Gasteiger partial charge on any atom is 0.339 e. The molecule has 0 saturated heterocycles. The summed E-state index contributed by atoms with van der Waals surface area (Å²) in [5, 5.41) is 16.9. The van der Waals surface area contributed by atoms with Crippen LogP contribution in [0.25, 0.3) is 11.3 Å². The van der Waals surface area contributed by atoms with Crippen molar-refractivity contribution in [2.75, 3.05) is 5.32 Å². The molecule has 0 bridgehead atoms. The van der Waals surface area contributed by atoms with E-state index >= 15 is 0 Å². The van der Waals surface area contributed by atoms with E-state index < -0.39 is 23.5 Å². The van der Waals surface area contributed by atoms with Crippen molar-refractivity contribution in [3.8, 4) is 11.3 Å². The van der Waals surface area contributed by atoms with E-state index in [0.29, 0.717) is 0 Å². The third-order valence-electron chi connectivity index (χ3n) is 3.32. The zero-order valence-electron chi connectivity index (χ0n) is 12.7. The van der Waals surface area contributed by atoms with Crippen molar-refractivity contribution in [3.05, 3.63) is 52.7 Å². The summed E-state index contributed by atoms with van der Waals surface area (Å²) in [6, 6.07) is 3.08. The van der Waals surface area contributed by atoms with Crippen molar-refractivity contribution in [1.29, 1.82) is 0 Å². The minimum absolute atomic E-state index is 0.0879. The van der Waals surface area contributed by atoms with Gasteiger partial charge >= 0.3 is 5.97 Å². The summed E-state index contributed by atoms with van der Waals surface area (Å²) >= 11 is 1.02. The van der Waals surface area contributed by atoms with Crippen molar-refractivity contribution < 1.29 is 23.5 Å². The molecule has 0 atom stereocenters. The lowest BCUT2D eigenvalue weighted by Gasteiger charge is -2.03. The van der Waals surface area contributed by atoms with Gasteiger partial charge in [-0.3, -0.25) is 14.8 Å². The van der Waals surface area contributed by atoms with Gasteiger partial charge in [0.05, 0.1) is 11.9 Å². The molecule has 3 rings (SSSR count). The van der Waals surface area contributed by atoms with Gasteiger partial charge in [0.25, 0.3) is 5.91 Å². The molecule has 0 unspecified atom stereocenters. The second-order valence-electron chi connectivity index (χ2n) is 4.95. The number of carbonyl (C=O) groups is 2. The average molecular weight is 364 g/mol. The van der Waals surface area contributed by atoms with Gasteiger partial charge in [-0.25, -0.2) is 18.6 Å². The van der Waals surface area contributed by atoms with Crippen LogP contribution in [0, 0.1) is 11.6 Å². The number of carboxylic acids is 1. The second kappa shape index (κ2) is 6.40. The van der Waals surface area contributed by atoms with Crippen molar-refractivity contribution in [2.45, 2.75) is 0 Å². The fourth-order valence-corrected chi connectivity index (χ4v) is 2.88. The number of nitrogens with zero attached hydrogens (tertiary/aromatic N) is 3. The SMILES string of the molecule is Cn1ncc(C(=O)O)c1C(=O)Nc1nc(-c2ccc(F)cc2F)cs1. The van der Waals surface area contributed by atoms with Crippen LogP contribution < -0.4 is 5.32 Å². The van der Waals surface area contributed by atoms with E-state index in [4.69, 9.17) is 5.11 Å². The highest BCUT2D eigenvalue weighted by atomic mass is 32.1. The standard InChI is InChI=1S/C15H10F2N4O3S/c1-21-12(9(5-18-21)14(23)24)13(22)20-15-19-11(6-25-15)8-3-2-7(16)4-10(8)17/h2-6H,1H3,(H,23,24)(H,19,20,22). The summed E-state index contributed by atoms with van der Waals surface area (Å²) in [5.74, 6) is -3.48. The minimum atomic E-state index is -1.29. The molecular formula is C15H10F2N4O3S. The Morgan fingerprint density at radius 2 is 2.08 bits per heavy atom. The Kier molecular flexibility index (Phi) is 4.28. The van der Waals surface area contributed by atoms with Gasteiger partial charge in [0.1, 0.15) is 22.9 Å². The number of rotatable bonds is 4. The molecule has 0 aliphatic heterocycles. The summed E-state index contributed by atoms with van der Waals surface area (Å²) in [6.07, 6.45) is 1.07. The van der Waals surface area contributed by atoms with E-state index in [1.165, 1.54) is 18.5 Å². The molecule has 3 aromatic rings. The zero-order valence-corrected chi connectivity index (χ0v) is 13.5. The Hall–Kier alpha value is -3.14. The second-order valence-corrected chi connectivity index (χ2v) is 5.81. The van der Waals surface area contributed by atoms with Gasteiger partial charge in [-0.05, 0) is 12.1 Å². The molecule has 128 valence electrons. The number of benzene rings is 1. The summed E-state index contributed by atoms with van der Waals surface area (Å²) in [6.45, 7) is 0. The Morgan fingerprint density at radius 1 is 1.32 bits per heavy atom. The van der Waals surface area contributed by atoms with Crippen molar-refractivity contribution >= 4 is 28.3 Å². The molecule has 2 N–H and O–H groups in total. The molecule has 1 aromatic carbocycles. The summed E-state index contributed by atoms with van der Waals surface area (Å²) in [5.41, 5.74) is -0.0789. The van der Waals surface area contributed by atoms with E-state index in [9.17, 15) is 18.4 Å². The van der Waals surface area contributed by atoms with Crippen LogP contribution in [0.4, 0.5) is 13.9 Å². The molecule has 2 heterocycles. The predicted octanol–water partition coefficient (Wildman–Crippen LogP) is 2.77. The summed E-state index contributed by atoms with van der Waals surface area (Å²) < 4.78 is 27.9. The quantitative estimate of drug-likeness (QED) is 0.742. The number of halogens is 2. The van der Waals surface area contributed by atoms with Crippen LogP contribution in [0.3, 0.4) is 0 Å². The number of anilines is 1. The molecule has 0 spiro atoms. The van der Waals surface area contributed by atoms with Crippen molar-refractivity contribution in [1.82, 2.24) is 14.8 Å². The molecule has 0 aliphatic carbocycles. The number of carbonyl (C=O) groups excluding carboxylic acids is 1. The van der Waals surface area contributed by atoms with Gasteiger partial charge in [0.15, 0.2) is 5.13 Å². The molecule has 0 aliphatic rings. The lowest BCUT2D eigenvalue weighted by molar-refractivity contribution is 0.0692. The highest BCUT2D eigenvalue weighted by Crippen LogP contribution is 2.27. The maximum absolute atomic E-state index is 13.8. The maximum atomic E-state index is 13.8. The van der Waals surface area contributed by atoms with Gasteiger partial charge in [-0.2, -0.15) is 5.10 Å². The highest BCUT2D eigenvalue weighted by molar-refractivity contribution is 7.14. The van der Waals surface area contributed by atoms with Crippen LogP contribution in [-0.4, -0.2) is 31.7 Å². The number of carboxylic acid groups (broad SMARTS) is 1. The van der Waals surface area contributed by atoms with Gasteiger partial charge < -0.3 is 5.11 Å². The van der Waals surface area contributed by atoms with Crippen LogP contribution in [-0.2, 0) is 7.05 Å². The van der Waals surface area contributed by atoms with Gasteiger partial charge in [0.2, 0.25) is 0 Å². The smallest absolute Gasteiger partial charge is 0.339 e. The van der Waals surface area contributed by atoms with E-state index in [0.717, 1.165) is 34.3 Å². The van der Waals surface area contributed by atoms with Crippen molar-refractivity contribution in [3.63, 3.8) is 0 Å². The topological polar surface area (TPSA) is 97.1 Å². The average Bonchev–Trinajstić information content (AvgIpc) is 3.14. The Labute approximate surface area is 143 Å². The van der Waals surface area contributed by atoms with E-state index in [1.54, 1.807) is 0 Å². The van der Waals surface area contributed by atoms with Crippen LogP contribution in [0.2, 0.25) is 0 Å². The molecule has 0 saturated carbocycles. The molecule has 0 radical (unpaired) electrons. The number of hydrogen-bond acceptors (Lipinski definition) is 5. The van der Waals surface area contributed by atoms with Crippen molar-refractivity contribution in [2.24, 2.45) is 7.05 Å². The molecule has 10 heteroatoms. The van der Waals surface area contributed by atoms with E-state index in [1.807, 2.05) is 0 Å². The van der Waals surface area contributed by atoms with E-state index in [-0.39, 0.29) is 27.6 Å². The number of aromatic nitrogens is 3. The first-order chi connectivity index (χ1) is 11.9. The summed E-state index contributed by atoms with van der Waals surface area (Å²) in [7, 11) is 1.43. The lowest BCUT2D eigenvalue weighted by atomic mass is 10.1. The number of thiazole rings is 1.